The summed E-state index contributed by atoms with van der Waals surface area (Å²) in [5.74, 6) is 0. The van der Waals surface area contributed by atoms with Gasteiger partial charge in [0.1, 0.15) is 0 Å². The van der Waals surface area contributed by atoms with Gasteiger partial charge in [-0.15, -0.1) is 12.6 Å². The van der Waals surface area contributed by atoms with Crippen molar-refractivity contribution in [2.75, 3.05) is 0 Å². The molecule has 0 nitrogen and oxygen atoms in total. The second kappa shape index (κ2) is 3.28. The fraction of sp³-hybridized carbons (Fsp3) is 0.143. The van der Waals surface area contributed by atoms with E-state index in [0.29, 0.717) is 0 Å². The number of hydrogen-bond donors (Lipinski definition) is 1. The van der Waals surface area contributed by atoms with Crippen LogP contribution in [0, 0.1) is 0 Å². The van der Waals surface area contributed by atoms with E-state index in [-0.39, 0.29) is 0 Å². The van der Waals surface area contributed by atoms with Gasteiger partial charge in [-0.25, -0.2) is 0 Å². The minimum Gasteiger partial charge on any atom is -0.143 e. The molecule has 0 bridgehead atoms. The zero-order valence-electron chi connectivity index (χ0n) is 4.84. The van der Waals surface area contributed by atoms with Crippen LogP contribution in [0.3, 0.4) is 0 Å². The summed E-state index contributed by atoms with van der Waals surface area (Å²) in [6.07, 6.45) is 0. The molecule has 9 heavy (non-hydrogen) atoms. The van der Waals surface area contributed by atoms with E-state index in [1.54, 1.807) is 0 Å². The summed E-state index contributed by atoms with van der Waals surface area (Å²) in [7, 11) is 0. The molecular formula is C7H7BrS. The van der Waals surface area contributed by atoms with Gasteiger partial charge in [0, 0.05) is 10.2 Å². The monoisotopic (exact) mass is 202 g/mol. The van der Waals surface area contributed by atoms with Crippen molar-refractivity contribution < 1.29 is 0 Å². The smallest absolute Gasteiger partial charge is 0.0283 e. The zero-order chi connectivity index (χ0) is 6.69. The summed E-state index contributed by atoms with van der Waals surface area (Å²) in [5, 5.41) is 0.904. The molecule has 0 aliphatic carbocycles. The third-order valence-corrected chi connectivity index (χ3v) is 1.99. The summed E-state index contributed by atoms with van der Waals surface area (Å²) >= 11 is 7.54. The summed E-state index contributed by atoms with van der Waals surface area (Å²) in [5.41, 5.74) is 1.27. The summed E-state index contributed by atoms with van der Waals surface area (Å²) in [4.78, 5) is 1.02. The van der Waals surface area contributed by atoms with Gasteiger partial charge in [0.25, 0.3) is 0 Å². The van der Waals surface area contributed by atoms with Crippen LogP contribution in [0.1, 0.15) is 5.56 Å². The number of alkyl halides is 1. The Balaban J connectivity index is 2.94. The molecule has 0 saturated carbocycles. The normalized spacial score (nSPS) is 9.56. The van der Waals surface area contributed by atoms with Crippen molar-refractivity contribution in [3.05, 3.63) is 29.8 Å². The third kappa shape index (κ3) is 2.03. The van der Waals surface area contributed by atoms with Gasteiger partial charge in [-0.05, 0) is 17.7 Å². The van der Waals surface area contributed by atoms with Crippen molar-refractivity contribution in [3.63, 3.8) is 0 Å². The highest BCUT2D eigenvalue weighted by Crippen LogP contribution is 2.10. The van der Waals surface area contributed by atoms with Crippen molar-refractivity contribution in [2.24, 2.45) is 0 Å². The Morgan fingerprint density at radius 1 is 1.44 bits per heavy atom. The number of hydrogen-bond acceptors (Lipinski definition) is 1. The van der Waals surface area contributed by atoms with Crippen LogP contribution >= 0.6 is 28.6 Å². The van der Waals surface area contributed by atoms with E-state index in [2.05, 4.69) is 34.6 Å². The second-order valence-electron chi connectivity index (χ2n) is 1.80. The quantitative estimate of drug-likeness (QED) is 0.526. The van der Waals surface area contributed by atoms with Crippen LogP contribution in [-0.2, 0) is 5.33 Å². The highest BCUT2D eigenvalue weighted by atomic mass is 79.9. The molecule has 0 radical (unpaired) electrons. The third-order valence-electron chi connectivity index (χ3n) is 1.06. The maximum absolute atomic E-state index is 4.19. The van der Waals surface area contributed by atoms with Crippen LogP contribution in [-0.4, -0.2) is 0 Å². The first-order chi connectivity index (χ1) is 4.33. The zero-order valence-corrected chi connectivity index (χ0v) is 7.32. The van der Waals surface area contributed by atoms with Crippen molar-refractivity contribution >= 4 is 28.6 Å². The van der Waals surface area contributed by atoms with E-state index in [4.69, 9.17) is 0 Å². The first-order valence-electron chi connectivity index (χ1n) is 2.67. The predicted octanol–water partition coefficient (Wildman–Crippen LogP) is 2.87. The predicted molar refractivity (Wildman–Crippen MR) is 46.3 cm³/mol. The van der Waals surface area contributed by atoms with Gasteiger partial charge in [-0.1, -0.05) is 28.1 Å². The Kier molecular flexibility index (Phi) is 2.61. The van der Waals surface area contributed by atoms with Crippen LogP contribution in [0.25, 0.3) is 0 Å². The molecule has 1 aromatic rings. The van der Waals surface area contributed by atoms with Crippen LogP contribution < -0.4 is 0 Å². The van der Waals surface area contributed by atoms with Crippen LogP contribution in [0.15, 0.2) is 29.2 Å². The second-order valence-corrected chi connectivity index (χ2v) is 2.88. The molecule has 0 N–H and O–H groups in total. The van der Waals surface area contributed by atoms with E-state index in [9.17, 15) is 0 Å². The Labute approximate surface area is 68.8 Å². The molecule has 0 spiro atoms. The molecule has 1 aromatic carbocycles. The first kappa shape index (κ1) is 7.16. The van der Waals surface area contributed by atoms with Crippen molar-refractivity contribution in [3.8, 4) is 0 Å². The van der Waals surface area contributed by atoms with E-state index in [0.717, 1.165) is 10.2 Å². The summed E-state index contributed by atoms with van der Waals surface area (Å²) in [6.45, 7) is 0. The first-order valence-corrected chi connectivity index (χ1v) is 4.23. The highest BCUT2D eigenvalue weighted by Gasteiger charge is 1.87. The van der Waals surface area contributed by atoms with Gasteiger partial charge >= 0.3 is 0 Å². The maximum atomic E-state index is 4.19. The summed E-state index contributed by atoms with van der Waals surface area (Å²) in [6, 6.07) is 8.07. The average molecular weight is 203 g/mol. The Bertz CT molecular complexity index is 198. The molecule has 48 valence electrons. The standard InChI is InChI=1S/C7H7BrS/c8-5-6-2-1-3-7(9)4-6/h1-4,9H,5H2. The summed E-state index contributed by atoms with van der Waals surface area (Å²) < 4.78 is 0. The van der Waals surface area contributed by atoms with Crippen molar-refractivity contribution in [1.82, 2.24) is 0 Å². The lowest BCUT2D eigenvalue weighted by Gasteiger charge is -1.93. The molecule has 0 saturated heterocycles. The number of halogens is 1. The number of thiol groups is 1. The van der Waals surface area contributed by atoms with E-state index in [1.807, 2.05) is 18.2 Å². The molecule has 0 aliphatic heterocycles. The molecule has 0 unspecified atom stereocenters. The van der Waals surface area contributed by atoms with E-state index in [1.165, 1.54) is 5.56 Å². The fourth-order valence-corrected chi connectivity index (χ4v) is 1.24. The lowest BCUT2D eigenvalue weighted by molar-refractivity contribution is 1.35. The molecular weight excluding hydrogens is 196 g/mol. The highest BCUT2D eigenvalue weighted by molar-refractivity contribution is 9.08. The van der Waals surface area contributed by atoms with E-state index >= 15 is 0 Å². The Hall–Kier alpha value is 0.0500. The van der Waals surface area contributed by atoms with Crippen LogP contribution in [0.2, 0.25) is 0 Å². The lowest BCUT2D eigenvalue weighted by atomic mass is 10.2. The Morgan fingerprint density at radius 3 is 2.67 bits per heavy atom. The molecule has 2 heteroatoms. The minimum absolute atomic E-state index is 0.904. The van der Waals surface area contributed by atoms with Crippen LogP contribution in [0.5, 0.6) is 0 Å². The molecule has 0 fully saturated rings. The van der Waals surface area contributed by atoms with Gasteiger partial charge in [0.05, 0.1) is 0 Å². The van der Waals surface area contributed by atoms with Crippen molar-refractivity contribution in [2.45, 2.75) is 10.2 Å². The van der Waals surface area contributed by atoms with Gasteiger partial charge < -0.3 is 0 Å². The topological polar surface area (TPSA) is 0 Å². The van der Waals surface area contributed by atoms with Gasteiger partial charge in [0.15, 0.2) is 0 Å². The fourth-order valence-electron chi connectivity index (χ4n) is 0.640. The van der Waals surface area contributed by atoms with Crippen LogP contribution in [0.4, 0.5) is 0 Å². The van der Waals surface area contributed by atoms with E-state index < -0.39 is 0 Å². The van der Waals surface area contributed by atoms with Gasteiger partial charge in [0.2, 0.25) is 0 Å². The molecule has 0 aromatic heterocycles. The van der Waals surface area contributed by atoms with Crippen molar-refractivity contribution in [1.29, 1.82) is 0 Å². The van der Waals surface area contributed by atoms with Gasteiger partial charge in [-0.3, -0.25) is 0 Å². The molecule has 0 aliphatic rings. The Morgan fingerprint density at radius 2 is 2.22 bits per heavy atom. The molecule has 0 atom stereocenters. The molecule has 0 amide bonds. The molecule has 0 heterocycles. The minimum atomic E-state index is 0.904. The number of rotatable bonds is 1. The SMILES string of the molecule is Sc1cccc(CBr)c1. The molecule has 1 rings (SSSR count). The maximum Gasteiger partial charge on any atom is 0.0283 e. The largest absolute Gasteiger partial charge is 0.143 e. The number of benzene rings is 1. The average Bonchev–Trinajstić information content (AvgIpc) is 1.88. The lowest BCUT2D eigenvalue weighted by Crippen LogP contribution is -1.74. The van der Waals surface area contributed by atoms with Gasteiger partial charge in [-0.2, -0.15) is 0 Å².